The minimum atomic E-state index is 0.539. The minimum Gasteiger partial charge on any atom is -0.0843 e. The molecule has 0 fully saturated rings. The fourth-order valence-electron chi connectivity index (χ4n) is 2.52. The molecule has 0 spiro atoms. The van der Waals surface area contributed by atoms with Gasteiger partial charge in [-0.1, -0.05) is 72.8 Å². The van der Waals surface area contributed by atoms with Crippen molar-refractivity contribution in [3.63, 3.8) is 0 Å². The third-order valence-electron chi connectivity index (χ3n) is 3.46. The van der Waals surface area contributed by atoms with Gasteiger partial charge < -0.3 is 0 Å². The maximum absolute atomic E-state index is 6.10. The lowest BCUT2D eigenvalue weighted by Crippen LogP contribution is -1.85. The second-order valence-corrected chi connectivity index (χ2v) is 5.63. The zero-order chi connectivity index (χ0) is 14.3. The van der Waals surface area contributed by atoms with Gasteiger partial charge in [-0.15, -0.1) is 0 Å². The van der Waals surface area contributed by atoms with Gasteiger partial charge in [0.25, 0.3) is 0 Å². The number of fused-ring (bicyclic) bond motifs is 2. The lowest BCUT2D eigenvalue weighted by molar-refractivity contribution is 1.70. The van der Waals surface area contributed by atoms with Crippen LogP contribution in [-0.4, -0.2) is 0 Å². The third-order valence-corrected chi connectivity index (χ3v) is 3.87. The summed E-state index contributed by atoms with van der Waals surface area (Å²) in [6.07, 6.45) is 0. The second kappa shape index (κ2) is 4.97. The normalized spacial score (nSPS) is 10.9. The number of hydrogen-bond donors (Lipinski definition) is 0. The smallest absolute Gasteiger partial charge is 0.0412 e. The van der Waals surface area contributed by atoms with Gasteiger partial charge in [-0.3, -0.25) is 0 Å². The first-order valence-corrected chi connectivity index (χ1v) is 6.98. The molecule has 0 aliphatic carbocycles. The molecular weight excluding hydrogens is 287 g/mol. The molecule has 3 aromatic rings. The molecular formula is C18H12Cl2. The van der Waals surface area contributed by atoms with Crippen LogP contribution in [0.2, 0.25) is 0 Å². The minimum absolute atomic E-state index is 0.539. The molecule has 0 amide bonds. The van der Waals surface area contributed by atoms with Crippen LogP contribution in [0.15, 0.2) is 61.7 Å². The van der Waals surface area contributed by atoms with E-state index in [9.17, 15) is 0 Å². The van der Waals surface area contributed by atoms with E-state index < -0.39 is 0 Å². The van der Waals surface area contributed by atoms with Gasteiger partial charge in [-0.2, -0.15) is 0 Å². The van der Waals surface area contributed by atoms with Gasteiger partial charge in [-0.25, -0.2) is 0 Å². The Morgan fingerprint density at radius 1 is 0.700 bits per heavy atom. The van der Waals surface area contributed by atoms with Gasteiger partial charge in [0.05, 0.1) is 0 Å². The maximum atomic E-state index is 6.10. The van der Waals surface area contributed by atoms with Gasteiger partial charge in [0, 0.05) is 21.2 Å². The van der Waals surface area contributed by atoms with Crippen LogP contribution in [0.4, 0.5) is 0 Å². The molecule has 2 heteroatoms. The number of rotatable bonds is 2. The quantitative estimate of drug-likeness (QED) is 0.479. The summed E-state index contributed by atoms with van der Waals surface area (Å²) in [5.41, 5.74) is 1.89. The molecule has 3 rings (SSSR count). The summed E-state index contributed by atoms with van der Waals surface area (Å²) >= 11 is 12.2. The number of benzene rings is 3. The molecule has 0 atom stereocenters. The topological polar surface area (TPSA) is 0 Å². The zero-order valence-electron chi connectivity index (χ0n) is 10.8. The maximum Gasteiger partial charge on any atom is 0.0412 e. The van der Waals surface area contributed by atoms with Crippen LogP contribution in [0.3, 0.4) is 0 Å². The molecule has 0 heterocycles. The van der Waals surface area contributed by atoms with Crippen molar-refractivity contribution in [3.8, 4) is 0 Å². The first-order valence-electron chi connectivity index (χ1n) is 6.23. The van der Waals surface area contributed by atoms with E-state index in [1.165, 1.54) is 0 Å². The zero-order valence-corrected chi connectivity index (χ0v) is 12.3. The average Bonchev–Trinajstić information content (AvgIpc) is 2.43. The van der Waals surface area contributed by atoms with Crippen molar-refractivity contribution in [2.75, 3.05) is 0 Å². The number of halogens is 2. The molecule has 3 aromatic carbocycles. The highest BCUT2D eigenvalue weighted by molar-refractivity contribution is 6.50. The molecule has 0 nitrogen and oxygen atoms in total. The Bertz CT molecular complexity index is 791. The molecule has 0 aromatic heterocycles. The van der Waals surface area contributed by atoms with Crippen molar-refractivity contribution in [1.29, 1.82) is 0 Å². The van der Waals surface area contributed by atoms with E-state index in [0.717, 1.165) is 32.7 Å². The molecule has 0 bridgehead atoms. The fraction of sp³-hybridized carbons (Fsp3) is 0. The number of hydrogen-bond acceptors (Lipinski definition) is 0. The Kier molecular flexibility index (Phi) is 3.29. The summed E-state index contributed by atoms with van der Waals surface area (Å²) in [6, 6.07) is 16.3. The molecule has 0 saturated carbocycles. The Balaban J connectivity index is 2.48. The summed E-state index contributed by atoms with van der Waals surface area (Å²) in [5, 5.41) is 5.49. The fourth-order valence-corrected chi connectivity index (χ4v) is 2.85. The van der Waals surface area contributed by atoms with Gasteiger partial charge in [0.15, 0.2) is 0 Å². The average molecular weight is 299 g/mol. The highest BCUT2D eigenvalue weighted by atomic mass is 35.5. The molecule has 0 unspecified atom stereocenters. The van der Waals surface area contributed by atoms with E-state index >= 15 is 0 Å². The van der Waals surface area contributed by atoms with E-state index in [4.69, 9.17) is 23.2 Å². The summed E-state index contributed by atoms with van der Waals surface area (Å²) < 4.78 is 0. The molecule has 0 saturated heterocycles. The van der Waals surface area contributed by atoms with Gasteiger partial charge in [-0.05, 0) is 33.7 Å². The van der Waals surface area contributed by atoms with Crippen molar-refractivity contribution in [1.82, 2.24) is 0 Å². The third kappa shape index (κ3) is 2.11. The van der Waals surface area contributed by atoms with Crippen molar-refractivity contribution >= 4 is 54.8 Å². The lowest BCUT2D eigenvalue weighted by Gasteiger charge is -2.10. The van der Waals surface area contributed by atoms with Crippen LogP contribution < -0.4 is 0 Å². The predicted octanol–water partition coefficient (Wildman–Crippen LogP) is 6.41. The van der Waals surface area contributed by atoms with Gasteiger partial charge >= 0.3 is 0 Å². The van der Waals surface area contributed by atoms with E-state index in [1.807, 2.05) is 24.3 Å². The van der Waals surface area contributed by atoms with Crippen LogP contribution >= 0.6 is 23.2 Å². The van der Waals surface area contributed by atoms with Crippen LogP contribution in [0.25, 0.3) is 31.6 Å². The lowest BCUT2D eigenvalue weighted by atomic mass is 9.97. The van der Waals surface area contributed by atoms with E-state index in [2.05, 4.69) is 37.4 Å². The van der Waals surface area contributed by atoms with Crippen LogP contribution in [-0.2, 0) is 0 Å². The Morgan fingerprint density at radius 2 is 1.15 bits per heavy atom. The van der Waals surface area contributed by atoms with Gasteiger partial charge in [0.2, 0.25) is 0 Å². The summed E-state index contributed by atoms with van der Waals surface area (Å²) in [7, 11) is 0. The molecule has 0 radical (unpaired) electrons. The highest BCUT2D eigenvalue weighted by Gasteiger charge is 2.08. The highest BCUT2D eigenvalue weighted by Crippen LogP contribution is 2.33. The van der Waals surface area contributed by atoms with Crippen molar-refractivity contribution < 1.29 is 0 Å². The second-order valence-electron chi connectivity index (χ2n) is 4.72. The van der Waals surface area contributed by atoms with Gasteiger partial charge in [0.1, 0.15) is 0 Å². The molecule has 20 heavy (non-hydrogen) atoms. The van der Waals surface area contributed by atoms with E-state index in [0.29, 0.717) is 10.1 Å². The molecule has 0 aliphatic heterocycles. The molecule has 0 aliphatic rings. The Labute approximate surface area is 127 Å². The van der Waals surface area contributed by atoms with Crippen molar-refractivity contribution in [2.24, 2.45) is 0 Å². The molecule has 98 valence electrons. The standard InChI is InChI=1S/C18H12Cl2/c1-11(19)15-7-3-5-13-9-14-6-4-8-16(12(2)20)18(14)10-17(13)15/h3-10H,1-2H2. The van der Waals surface area contributed by atoms with Crippen LogP contribution in [0.5, 0.6) is 0 Å². The van der Waals surface area contributed by atoms with E-state index in [1.54, 1.807) is 0 Å². The predicted molar refractivity (Wildman–Crippen MR) is 91.2 cm³/mol. The van der Waals surface area contributed by atoms with E-state index in [-0.39, 0.29) is 0 Å². The first-order chi connectivity index (χ1) is 9.58. The van der Waals surface area contributed by atoms with Crippen LogP contribution in [0, 0.1) is 0 Å². The monoisotopic (exact) mass is 298 g/mol. The van der Waals surface area contributed by atoms with Crippen molar-refractivity contribution in [3.05, 3.63) is 72.8 Å². The van der Waals surface area contributed by atoms with Crippen LogP contribution in [0.1, 0.15) is 11.1 Å². The SMILES string of the molecule is C=C(Cl)c1cccc2cc3cccc(C(=C)Cl)c3cc12. The van der Waals surface area contributed by atoms with Crippen molar-refractivity contribution in [2.45, 2.75) is 0 Å². The summed E-state index contributed by atoms with van der Waals surface area (Å²) in [5.74, 6) is 0. The largest absolute Gasteiger partial charge is 0.0843 e. The summed E-state index contributed by atoms with van der Waals surface area (Å²) in [6.45, 7) is 7.67. The Morgan fingerprint density at radius 3 is 1.55 bits per heavy atom. The molecule has 0 N–H and O–H groups in total. The summed E-state index contributed by atoms with van der Waals surface area (Å²) in [4.78, 5) is 0. The Hall–Kier alpha value is -1.76. The first kappa shape index (κ1) is 13.2.